The van der Waals surface area contributed by atoms with Crippen LogP contribution in [0.15, 0.2) is 18.5 Å². The van der Waals surface area contributed by atoms with E-state index in [1.807, 2.05) is 12.4 Å². The lowest BCUT2D eigenvalue weighted by Crippen LogP contribution is -2.62. The second-order valence-electron chi connectivity index (χ2n) is 6.06. The van der Waals surface area contributed by atoms with Gasteiger partial charge in [0, 0.05) is 43.6 Å². The predicted molar refractivity (Wildman–Crippen MR) is 80.2 cm³/mol. The highest BCUT2D eigenvalue weighted by atomic mass is 15.2. The molecule has 1 aromatic rings. The predicted octanol–water partition coefficient (Wildman–Crippen LogP) is 2.74. The Bertz CT molecular complexity index is 418. The number of aromatic nitrogens is 1. The number of nitrogens with zero attached hydrogens (tertiary/aromatic N) is 2. The molecule has 2 rings (SSSR count). The zero-order valence-electron chi connectivity index (χ0n) is 12.7. The van der Waals surface area contributed by atoms with Crippen LogP contribution >= 0.6 is 0 Å². The largest absolute Gasteiger partial charge is 0.309 e. The summed E-state index contributed by atoms with van der Waals surface area (Å²) in [5, 5.41) is 3.72. The van der Waals surface area contributed by atoms with Gasteiger partial charge < -0.3 is 5.32 Å². The molecule has 0 aliphatic carbocycles. The molecule has 1 saturated heterocycles. The van der Waals surface area contributed by atoms with Crippen molar-refractivity contribution in [1.82, 2.24) is 15.2 Å². The number of hydrogen-bond donors (Lipinski definition) is 1. The Hall–Kier alpha value is -0.930. The van der Waals surface area contributed by atoms with Crippen LogP contribution in [0.1, 0.15) is 44.7 Å². The van der Waals surface area contributed by atoms with Gasteiger partial charge in [0.15, 0.2) is 0 Å². The average Bonchev–Trinajstić information content (AvgIpc) is 2.42. The van der Waals surface area contributed by atoms with Gasteiger partial charge in [-0.2, -0.15) is 0 Å². The molecule has 0 spiro atoms. The van der Waals surface area contributed by atoms with Crippen molar-refractivity contribution in [3.05, 3.63) is 29.6 Å². The third kappa shape index (κ3) is 3.34. The summed E-state index contributed by atoms with van der Waals surface area (Å²) < 4.78 is 0. The first-order valence-corrected chi connectivity index (χ1v) is 7.46. The quantitative estimate of drug-likeness (QED) is 0.903. The summed E-state index contributed by atoms with van der Waals surface area (Å²) in [6.45, 7) is 12.3. The van der Waals surface area contributed by atoms with Gasteiger partial charge in [-0.1, -0.05) is 13.8 Å². The fourth-order valence-electron chi connectivity index (χ4n) is 2.83. The lowest BCUT2D eigenvalue weighted by molar-refractivity contribution is 0.0752. The molecule has 2 heterocycles. The molecule has 1 N–H and O–H groups in total. The minimum absolute atomic E-state index is 0.252. The Morgan fingerprint density at radius 2 is 2.26 bits per heavy atom. The second-order valence-corrected chi connectivity index (χ2v) is 6.06. The molecule has 1 aliphatic rings. The number of rotatable bonds is 4. The van der Waals surface area contributed by atoms with Crippen LogP contribution in [0.3, 0.4) is 0 Å². The van der Waals surface area contributed by atoms with Crippen molar-refractivity contribution in [2.45, 2.75) is 58.7 Å². The molecule has 3 nitrogen and oxygen atoms in total. The van der Waals surface area contributed by atoms with E-state index in [0.29, 0.717) is 6.04 Å². The van der Waals surface area contributed by atoms with Gasteiger partial charge in [-0.25, -0.2) is 0 Å². The van der Waals surface area contributed by atoms with Gasteiger partial charge in [-0.15, -0.1) is 0 Å². The van der Waals surface area contributed by atoms with Gasteiger partial charge >= 0.3 is 0 Å². The van der Waals surface area contributed by atoms with Crippen molar-refractivity contribution in [1.29, 1.82) is 0 Å². The third-order valence-corrected chi connectivity index (χ3v) is 4.61. The molecule has 0 bridgehead atoms. The molecule has 3 heteroatoms. The van der Waals surface area contributed by atoms with Crippen LogP contribution in [-0.2, 0) is 6.54 Å². The summed E-state index contributed by atoms with van der Waals surface area (Å²) in [6, 6.07) is 2.75. The Balaban J connectivity index is 2.13. The van der Waals surface area contributed by atoms with Crippen LogP contribution in [0, 0.1) is 6.92 Å². The van der Waals surface area contributed by atoms with Crippen LogP contribution in [0.5, 0.6) is 0 Å². The fourth-order valence-corrected chi connectivity index (χ4v) is 2.83. The van der Waals surface area contributed by atoms with Crippen molar-refractivity contribution in [2.75, 3.05) is 13.1 Å². The van der Waals surface area contributed by atoms with E-state index in [0.717, 1.165) is 19.6 Å². The van der Waals surface area contributed by atoms with E-state index in [4.69, 9.17) is 0 Å². The summed E-state index contributed by atoms with van der Waals surface area (Å²) >= 11 is 0. The fraction of sp³-hybridized carbons (Fsp3) is 0.688. The van der Waals surface area contributed by atoms with Crippen molar-refractivity contribution in [2.24, 2.45) is 0 Å². The highest BCUT2D eigenvalue weighted by Gasteiger charge is 2.33. The van der Waals surface area contributed by atoms with Crippen LogP contribution in [0.2, 0.25) is 0 Å². The molecule has 2 unspecified atom stereocenters. The zero-order valence-corrected chi connectivity index (χ0v) is 12.7. The number of piperazine rings is 1. The Labute approximate surface area is 117 Å². The maximum atomic E-state index is 4.28. The molecule has 2 atom stereocenters. The van der Waals surface area contributed by atoms with Gasteiger partial charge in [0.05, 0.1) is 0 Å². The van der Waals surface area contributed by atoms with E-state index >= 15 is 0 Å². The number of pyridine rings is 1. The van der Waals surface area contributed by atoms with E-state index in [-0.39, 0.29) is 5.54 Å². The number of aryl methyl sites for hydroxylation is 1. The standard InChI is InChI=1S/C16H27N3/c1-5-15-10-18-16(4,6-2)12-19(15)11-14-9-17-8-7-13(14)3/h7-9,15,18H,5-6,10-12H2,1-4H3. The molecule has 1 fully saturated rings. The first kappa shape index (κ1) is 14.5. The van der Waals surface area contributed by atoms with Crippen molar-refractivity contribution in [3.63, 3.8) is 0 Å². The van der Waals surface area contributed by atoms with Gasteiger partial charge in [0.2, 0.25) is 0 Å². The lowest BCUT2D eigenvalue weighted by Gasteiger charge is -2.46. The Morgan fingerprint density at radius 1 is 1.47 bits per heavy atom. The molecule has 19 heavy (non-hydrogen) atoms. The summed E-state index contributed by atoms with van der Waals surface area (Å²) in [6.07, 6.45) is 6.27. The summed E-state index contributed by atoms with van der Waals surface area (Å²) in [4.78, 5) is 6.91. The first-order valence-electron chi connectivity index (χ1n) is 7.46. The Kier molecular flexibility index (Phi) is 4.58. The average molecular weight is 261 g/mol. The van der Waals surface area contributed by atoms with E-state index in [1.54, 1.807) is 0 Å². The number of hydrogen-bond acceptors (Lipinski definition) is 3. The molecule has 106 valence electrons. The maximum absolute atomic E-state index is 4.28. The molecule has 0 saturated carbocycles. The zero-order chi connectivity index (χ0) is 13.9. The minimum atomic E-state index is 0.252. The molecular formula is C16H27N3. The molecule has 0 amide bonds. The second kappa shape index (κ2) is 6.02. The smallest absolute Gasteiger partial charge is 0.0315 e. The topological polar surface area (TPSA) is 28.2 Å². The summed E-state index contributed by atoms with van der Waals surface area (Å²) in [5.41, 5.74) is 2.96. The molecule has 1 aliphatic heterocycles. The maximum Gasteiger partial charge on any atom is 0.0315 e. The van der Waals surface area contributed by atoms with Crippen LogP contribution in [-0.4, -0.2) is 34.6 Å². The highest BCUT2D eigenvalue weighted by Crippen LogP contribution is 2.23. The highest BCUT2D eigenvalue weighted by molar-refractivity contribution is 5.21. The van der Waals surface area contributed by atoms with Gasteiger partial charge in [0.25, 0.3) is 0 Å². The van der Waals surface area contributed by atoms with E-state index < -0.39 is 0 Å². The van der Waals surface area contributed by atoms with Crippen molar-refractivity contribution < 1.29 is 0 Å². The summed E-state index contributed by atoms with van der Waals surface area (Å²) in [7, 11) is 0. The van der Waals surface area contributed by atoms with Gasteiger partial charge in [-0.05, 0) is 43.9 Å². The monoisotopic (exact) mass is 261 g/mol. The van der Waals surface area contributed by atoms with Gasteiger partial charge in [-0.3, -0.25) is 9.88 Å². The molecule has 0 aromatic carbocycles. The lowest BCUT2D eigenvalue weighted by atomic mass is 9.92. The van der Waals surface area contributed by atoms with E-state index in [2.05, 4.69) is 49.0 Å². The Morgan fingerprint density at radius 3 is 2.89 bits per heavy atom. The molecule has 0 radical (unpaired) electrons. The number of nitrogens with one attached hydrogen (secondary N) is 1. The molecular weight excluding hydrogens is 234 g/mol. The van der Waals surface area contributed by atoms with Crippen molar-refractivity contribution in [3.8, 4) is 0 Å². The SMILES string of the molecule is CCC1CNC(C)(CC)CN1Cc1cnccc1C. The van der Waals surface area contributed by atoms with Crippen LogP contribution in [0.4, 0.5) is 0 Å². The van der Waals surface area contributed by atoms with Gasteiger partial charge in [0.1, 0.15) is 0 Å². The summed E-state index contributed by atoms with van der Waals surface area (Å²) in [5.74, 6) is 0. The first-order chi connectivity index (χ1) is 9.08. The van der Waals surface area contributed by atoms with E-state index in [9.17, 15) is 0 Å². The minimum Gasteiger partial charge on any atom is -0.309 e. The van der Waals surface area contributed by atoms with E-state index in [1.165, 1.54) is 24.0 Å². The van der Waals surface area contributed by atoms with Crippen molar-refractivity contribution >= 4 is 0 Å². The molecule has 1 aromatic heterocycles. The van der Waals surface area contributed by atoms with Crippen LogP contribution in [0.25, 0.3) is 0 Å². The third-order valence-electron chi connectivity index (χ3n) is 4.61. The normalized spacial score (nSPS) is 28.5. The van der Waals surface area contributed by atoms with Crippen LogP contribution < -0.4 is 5.32 Å².